The van der Waals surface area contributed by atoms with Crippen LogP contribution in [0.1, 0.15) is 17.2 Å². The predicted molar refractivity (Wildman–Crippen MR) is 78.7 cm³/mol. The van der Waals surface area contributed by atoms with Gasteiger partial charge in [0.25, 0.3) is 0 Å². The Hall–Kier alpha value is -1.32. The number of nitrogens with one attached hydrogen (secondary N) is 1. The normalized spacial score (nSPS) is 23.8. The number of aromatic nitrogens is 2. The Morgan fingerprint density at radius 1 is 1.21 bits per heavy atom. The molecule has 2 heterocycles. The first-order chi connectivity index (χ1) is 8.84. The Morgan fingerprint density at radius 3 is 2.79 bits per heavy atom. The van der Waals surface area contributed by atoms with Crippen LogP contribution in [-0.4, -0.2) is 22.9 Å². The lowest BCUT2D eigenvalue weighted by Gasteiger charge is -2.09. The van der Waals surface area contributed by atoms with E-state index in [4.69, 9.17) is 5.10 Å². The smallest absolute Gasteiger partial charge is 0.0961 e. The maximum absolute atomic E-state index is 4.75. The van der Waals surface area contributed by atoms with Crippen molar-refractivity contribution >= 4 is 12.4 Å². The molecule has 1 aliphatic carbocycles. The SMILES string of the molecule is Cl.Cn1nc(-c2ccccc2)c2c1C[C@@H]1CNC[C@H]21. The van der Waals surface area contributed by atoms with Crippen LogP contribution < -0.4 is 5.32 Å². The summed E-state index contributed by atoms with van der Waals surface area (Å²) in [4.78, 5) is 0. The summed E-state index contributed by atoms with van der Waals surface area (Å²) in [6, 6.07) is 10.6. The minimum Gasteiger partial charge on any atom is -0.316 e. The molecule has 0 saturated carbocycles. The van der Waals surface area contributed by atoms with Gasteiger partial charge in [-0.1, -0.05) is 30.3 Å². The third-order valence-electron chi connectivity index (χ3n) is 4.42. The van der Waals surface area contributed by atoms with E-state index in [9.17, 15) is 0 Å². The highest BCUT2D eigenvalue weighted by Gasteiger charge is 2.40. The third-order valence-corrected chi connectivity index (χ3v) is 4.42. The summed E-state index contributed by atoms with van der Waals surface area (Å²) in [5, 5.41) is 8.27. The molecule has 1 aliphatic heterocycles. The lowest BCUT2D eigenvalue weighted by molar-refractivity contribution is 0.545. The maximum atomic E-state index is 4.75. The number of rotatable bonds is 1. The Labute approximate surface area is 119 Å². The standard InChI is InChI=1S/C15H17N3.ClH/c1-18-13-7-11-8-16-9-12(11)14(13)15(17-18)10-5-3-2-4-6-10;/h2-6,11-12,16H,7-9H2,1H3;1H/t11-,12+;/m1./s1. The number of halogens is 1. The van der Waals surface area contributed by atoms with Gasteiger partial charge in [-0.05, 0) is 18.9 Å². The van der Waals surface area contributed by atoms with Crippen molar-refractivity contribution in [3.8, 4) is 11.3 Å². The Balaban J connectivity index is 0.00000110. The minimum atomic E-state index is 0. The minimum absolute atomic E-state index is 0. The van der Waals surface area contributed by atoms with Gasteiger partial charge in [-0.15, -0.1) is 12.4 Å². The molecule has 2 aromatic rings. The van der Waals surface area contributed by atoms with Crippen LogP contribution in [0.3, 0.4) is 0 Å². The van der Waals surface area contributed by atoms with Gasteiger partial charge in [0.05, 0.1) is 5.69 Å². The van der Waals surface area contributed by atoms with Crippen molar-refractivity contribution in [2.24, 2.45) is 13.0 Å². The molecular formula is C15H18ClN3. The Bertz CT molecular complexity index is 591. The van der Waals surface area contributed by atoms with Gasteiger partial charge in [0.1, 0.15) is 0 Å². The number of fused-ring (bicyclic) bond motifs is 3. The van der Waals surface area contributed by atoms with Crippen molar-refractivity contribution < 1.29 is 0 Å². The van der Waals surface area contributed by atoms with Gasteiger partial charge in [-0.2, -0.15) is 5.10 Å². The molecule has 2 atom stereocenters. The zero-order valence-corrected chi connectivity index (χ0v) is 11.8. The van der Waals surface area contributed by atoms with E-state index in [-0.39, 0.29) is 12.4 Å². The van der Waals surface area contributed by atoms with Crippen LogP contribution in [0.25, 0.3) is 11.3 Å². The fourth-order valence-corrected chi connectivity index (χ4v) is 3.55. The number of nitrogens with zero attached hydrogens (tertiary/aromatic N) is 2. The van der Waals surface area contributed by atoms with Gasteiger partial charge >= 0.3 is 0 Å². The quantitative estimate of drug-likeness (QED) is 0.866. The summed E-state index contributed by atoms with van der Waals surface area (Å²) in [5.41, 5.74) is 5.40. The van der Waals surface area contributed by atoms with Crippen molar-refractivity contribution in [2.75, 3.05) is 13.1 Å². The zero-order chi connectivity index (χ0) is 12.1. The molecule has 0 amide bonds. The highest BCUT2D eigenvalue weighted by atomic mass is 35.5. The molecule has 1 saturated heterocycles. The van der Waals surface area contributed by atoms with E-state index in [1.54, 1.807) is 0 Å². The number of hydrogen-bond acceptors (Lipinski definition) is 2. The zero-order valence-electron chi connectivity index (χ0n) is 11.0. The van der Waals surface area contributed by atoms with Crippen LogP contribution in [0.4, 0.5) is 0 Å². The van der Waals surface area contributed by atoms with Gasteiger partial charge in [-0.3, -0.25) is 4.68 Å². The summed E-state index contributed by atoms with van der Waals surface area (Å²) in [5.74, 6) is 1.45. The van der Waals surface area contributed by atoms with Crippen LogP contribution in [0.15, 0.2) is 30.3 Å². The molecule has 2 aliphatic rings. The number of benzene rings is 1. The number of aryl methyl sites for hydroxylation is 1. The molecule has 1 aromatic carbocycles. The van der Waals surface area contributed by atoms with Crippen molar-refractivity contribution in [3.63, 3.8) is 0 Å². The topological polar surface area (TPSA) is 29.9 Å². The van der Waals surface area contributed by atoms with E-state index >= 15 is 0 Å². The maximum Gasteiger partial charge on any atom is 0.0961 e. The van der Waals surface area contributed by atoms with E-state index < -0.39 is 0 Å². The molecule has 0 radical (unpaired) electrons. The molecule has 4 heteroatoms. The van der Waals surface area contributed by atoms with Crippen molar-refractivity contribution in [3.05, 3.63) is 41.6 Å². The fraction of sp³-hybridized carbons (Fsp3) is 0.400. The average molecular weight is 276 g/mol. The molecule has 1 N–H and O–H groups in total. The summed E-state index contributed by atoms with van der Waals surface area (Å²) in [6.07, 6.45) is 1.18. The lowest BCUT2D eigenvalue weighted by atomic mass is 9.94. The van der Waals surface area contributed by atoms with Gasteiger partial charge in [-0.25, -0.2) is 0 Å². The Kier molecular flexibility index (Phi) is 3.11. The molecule has 4 rings (SSSR count). The highest BCUT2D eigenvalue weighted by molar-refractivity contribution is 5.85. The third kappa shape index (κ3) is 1.80. The lowest BCUT2D eigenvalue weighted by Crippen LogP contribution is -2.11. The van der Waals surface area contributed by atoms with E-state index in [0.29, 0.717) is 5.92 Å². The van der Waals surface area contributed by atoms with Crippen LogP contribution in [0, 0.1) is 5.92 Å². The first kappa shape index (κ1) is 12.7. The summed E-state index contributed by atoms with van der Waals surface area (Å²) in [7, 11) is 2.08. The van der Waals surface area contributed by atoms with E-state index in [1.165, 1.54) is 28.9 Å². The summed E-state index contributed by atoms with van der Waals surface area (Å²) < 4.78 is 2.09. The van der Waals surface area contributed by atoms with Gasteiger partial charge in [0.15, 0.2) is 0 Å². The number of hydrogen-bond donors (Lipinski definition) is 1. The molecule has 100 valence electrons. The largest absolute Gasteiger partial charge is 0.316 e. The fourth-order valence-electron chi connectivity index (χ4n) is 3.55. The Morgan fingerprint density at radius 2 is 2.00 bits per heavy atom. The van der Waals surface area contributed by atoms with Crippen molar-refractivity contribution in [1.29, 1.82) is 0 Å². The van der Waals surface area contributed by atoms with E-state index in [2.05, 4.69) is 47.4 Å². The monoisotopic (exact) mass is 275 g/mol. The molecular weight excluding hydrogens is 258 g/mol. The van der Waals surface area contributed by atoms with Crippen molar-refractivity contribution in [2.45, 2.75) is 12.3 Å². The molecule has 3 nitrogen and oxygen atoms in total. The van der Waals surface area contributed by atoms with Gasteiger partial charge in [0, 0.05) is 36.3 Å². The molecule has 1 fully saturated rings. The molecule has 0 unspecified atom stereocenters. The van der Waals surface area contributed by atoms with Gasteiger partial charge in [0.2, 0.25) is 0 Å². The van der Waals surface area contributed by atoms with E-state index in [1.807, 2.05) is 0 Å². The second-order valence-corrected chi connectivity index (χ2v) is 5.43. The molecule has 19 heavy (non-hydrogen) atoms. The second kappa shape index (κ2) is 4.66. The molecule has 0 spiro atoms. The first-order valence-electron chi connectivity index (χ1n) is 6.66. The molecule has 0 bridgehead atoms. The first-order valence-corrected chi connectivity index (χ1v) is 6.66. The van der Waals surface area contributed by atoms with E-state index in [0.717, 1.165) is 19.0 Å². The molecule has 1 aromatic heterocycles. The average Bonchev–Trinajstić information content (AvgIpc) is 3.03. The highest BCUT2D eigenvalue weighted by Crippen LogP contribution is 2.44. The summed E-state index contributed by atoms with van der Waals surface area (Å²) >= 11 is 0. The van der Waals surface area contributed by atoms with Gasteiger partial charge < -0.3 is 5.32 Å². The van der Waals surface area contributed by atoms with Crippen LogP contribution in [0.5, 0.6) is 0 Å². The van der Waals surface area contributed by atoms with Crippen LogP contribution >= 0.6 is 12.4 Å². The predicted octanol–water partition coefficient (Wildman–Crippen LogP) is 2.37. The summed E-state index contributed by atoms with van der Waals surface area (Å²) in [6.45, 7) is 2.27. The van der Waals surface area contributed by atoms with Crippen LogP contribution in [0.2, 0.25) is 0 Å². The van der Waals surface area contributed by atoms with Crippen molar-refractivity contribution in [1.82, 2.24) is 15.1 Å². The van der Waals surface area contributed by atoms with Crippen LogP contribution in [-0.2, 0) is 13.5 Å². The second-order valence-electron chi connectivity index (χ2n) is 5.43.